The standard InChI is InChI=1S/C11H21N2OS/c1-3-14-9-7-12-5-6-13(11-12)8-10-15-4-2/h5-6,11H,3-4,7-10H2,1-2H3/q+1. The van der Waals surface area contributed by atoms with Gasteiger partial charge in [-0.25, -0.2) is 9.13 Å². The minimum atomic E-state index is 0.800. The maximum atomic E-state index is 5.31. The lowest BCUT2D eigenvalue weighted by molar-refractivity contribution is -0.698. The molecule has 0 aromatic carbocycles. The molecule has 0 saturated heterocycles. The zero-order chi connectivity index (χ0) is 10.9. The lowest BCUT2D eigenvalue weighted by Gasteiger charge is -1.97. The minimum absolute atomic E-state index is 0.800. The topological polar surface area (TPSA) is 18.0 Å². The Morgan fingerprint density at radius 3 is 3.00 bits per heavy atom. The van der Waals surface area contributed by atoms with E-state index in [0.29, 0.717) is 0 Å². The van der Waals surface area contributed by atoms with Crippen LogP contribution in [-0.2, 0) is 17.8 Å². The summed E-state index contributed by atoms with van der Waals surface area (Å²) >= 11 is 1.98. The van der Waals surface area contributed by atoms with Crippen LogP contribution < -0.4 is 4.57 Å². The number of hydrogen-bond acceptors (Lipinski definition) is 2. The van der Waals surface area contributed by atoms with Gasteiger partial charge in [0.15, 0.2) is 0 Å². The second kappa shape index (κ2) is 7.77. The molecule has 0 spiro atoms. The highest BCUT2D eigenvalue weighted by Crippen LogP contribution is 1.99. The summed E-state index contributed by atoms with van der Waals surface area (Å²) < 4.78 is 9.71. The smallest absolute Gasteiger partial charge is 0.243 e. The molecular formula is C11H21N2OS+. The van der Waals surface area contributed by atoms with Crippen molar-refractivity contribution < 1.29 is 9.30 Å². The first-order valence-electron chi connectivity index (χ1n) is 5.57. The van der Waals surface area contributed by atoms with Gasteiger partial charge in [-0.2, -0.15) is 11.8 Å². The van der Waals surface area contributed by atoms with Gasteiger partial charge in [0.05, 0.1) is 13.2 Å². The van der Waals surface area contributed by atoms with E-state index in [0.717, 1.165) is 26.3 Å². The number of thioether (sulfide) groups is 1. The molecule has 15 heavy (non-hydrogen) atoms. The molecule has 0 aliphatic carbocycles. The van der Waals surface area contributed by atoms with Crippen LogP contribution in [0.15, 0.2) is 18.7 Å². The van der Waals surface area contributed by atoms with Gasteiger partial charge in [0.1, 0.15) is 18.9 Å². The molecule has 0 bridgehead atoms. The molecular weight excluding hydrogens is 208 g/mol. The molecule has 86 valence electrons. The van der Waals surface area contributed by atoms with Gasteiger partial charge in [-0.15, -0.1) is 0 Å². The molecule has 1 heterocycles. The maximum absolute atomic E-state index is 5.31. The van der Waals surface area contributed by atoms with Crippen molar-refractivity contribution in [2.75, 3.05) is 24.7 Å². The molecule has 0 aliphatic heterocycles. The van der Waals surface area contributed by atoms with Gasteiger partial charge in [0, 0.05) is 12.4 Å². The summed E-state index contributed by atoms with van der Waals surface area (Å²) in [5, 5.41) is 0. The van der Waals surface area contributed by atoms with Crippen LogP contribution in [0.25, 0.3) is 0 Å². The van der Waals surface area contributed by atoms with Gasteiger partial charge in [-0.05, 0) is 12.7 Å². The molecule has 0 unspecified atom stereocenters. The Kier molecular flexibility index (Phi) is 6.52. The van der Waals surface area contributed by atoms with Crippen LogP contribution in [0, 0.1) is 0 Å². The van der Waals surface area contributed by atoms with Crippen molar-refractivity contribution >= 4 is 11.8 Å². The van der Waals surface area contributed by atoms with Crippen LogP contribution in [0.2, 0.25) is 0 Å². The van der Waals surface area contributed by atoms with Crippen molar-refractivity contribution in [1.82, 2.24) is 4.57 Å². The predicted molar refractivity (Wildman–Crippen MR) is 64.1 cm³/mol. The van der Waals surface area contributed by atoms with Gasteiger partial charge in [-0.3, -0.25) is 0 Å². The molecule has 0 aliphatic rings. The second-order valence-corrected chi connectivity index (χ2v) is 4.68. The summed E-state index contributed by atoms with van der Waals surface area (Å²) in [6.07, 6.45) is 6.38. The van der Waals surface area contributed by atoms with E-state index in [1.165, 1.54) is 11.5 Å². The number of ether oxygens (including phenoxy) is 1. The minimum Gasteiger partial charge on any atom is -0.378 e. The van der Waals surface area contributed by atoms with E-state index in [9.17, 15) is 0 Å². The third kappa shape index (κ3) is 5.23. The molecule has 1 aromatic rings. The summed E-state index contributed by atoms with van der Waals surface area (Å²) in [6, 6.07) is 0. The molecule has 0 atom stereocenters. The number of rotatable bonds is 8. The van der Waals surface area contributed by atoms with E-state index in [1.807, 2.05) is 18.7 Å². The van der Waals surface area contributed by atoms with E-state index < -0.39 is 0 Å². The number of aryl methyl sites for hydroxylation is 1. The summed E-state index contributed by atoms with van der Waals surface area (Å²) in [5.74, 6) is 2.39. The molecule has 4 heteroatoms. The number of aromatic nitrogens is 2. The van der Waals surface area contributed by atoms with E-state index in [4.69, 9.17) is 4.74 Å². The fraction of sp³-hybridized carbons (Fsp3) is 0.727. The zero-order valence-electron chi connectivity index (χ0n) is 9.69. The average molecular weight is 229 g/mol. The predicted octanol–water partition coefficient (Wildman–Crippen LogP) is 1.57. The van der Waals surface area contributed by atoms with Gasteiger partial charge in [0.25, 0.3) is 0 Å². The van der Waals surface area contributed by atoms with Gasteiger partial charge >= 0.3 is 0 Å². The molecule has 3 nitrogen and oxygen atoms in total. The van der Waals surface area contributed by atoms with E-state index >= 15 is 0 Å². The van der Waals surface area contributed by atoms with Crippen molar-refractivity contribution in [2.45, 2.75) is 26.9 Å². The molecule has 0 saturated carbocycles. The summed E-state index contributed by atoms with van der Waals surface area (Å²) in [7, 11) is 0. The normalized spacial score (nSPS) is 10.8. The Morgan fingerprint density at radius 1 is 1.40 bits per heavy atom. The van der Waals surface area contributed by atoms with Crippen LogP contribution in [0.4, 0.5) is 0 Å². The highest BCUT2D eigenvalue weighted by molar-refractivity contribution is 7.99. The molecule has 0 N–H and O–H groups in total. The SMILES string of the molecule is CCOCC[n+]1ccn(CCSCC)c1. The molecule has 0 amide bonds. The summed E-state index contributed by atoms with van der Waals surface area (Å²) in [6.45, 7) is 7.87. The highest BCUT2D eigenvalue weighted by Gasteiger charge is 2.02. The highest BCUT2D eigenvalue weighted by atomic mass is 32.2. The van der Waals surface area contributed by atoms with Crippen molar-refractivity contribution in [3.63, 3.8) is 0 Å². The van der Waals surface area contributed by atoms with E-state index in [2.05, 4.69) is 34.8 Å². The maximum Gasteiger partial charge on any atom is 0.243 e. The van der Waals surface area contributed by atoms with Crippen molar-refractivity contribution in [1.29, 1.82) is 0 Å². The number of imidazole rings is 1. The Balaban J connectivity index is 2.23. The molecule has 1 aromatic heterocycles. The van der Waals surface area contributed by atoms with E-state index in [1.54, 1.807) is 0 Å². The van der Waals surface area contributed by atoms with E-state index in [-0.39, 0.29) is 0 Å². The monoisotopic (exact) mass is 229 g/mol. The van der Waals surface area contributed by atoms with Crippen LogP contribution in [-0.4, -0.2) is 29.3 Å². The number of hydrogen-bond donors (Lipinski definition) is 0. The molecule has 0 radical (unpaired) electrons. The van der Waals surface area contributed by atoms with Crippen molar-refractivity contribution in [3.05, 3.63) is 18.7 Å². The number of nitrogens with zero attached hydrogens (tertiary/aromatic N) is 2. The Labute approximate surface area is 96.4 Å². The quantitative estimate of drug-likeness (QED) is 0.497. The van der Waals surface area contributed by atoms with Crippen LogP contribution >= 0.6 is 11.8 Å². The van der Waals surface area contributed by atoms with Crippen molar-refractivity contribution in [3.8, 4) is 0 Å². The third-order valence-electron chi connectivity index (χ3n) is 2.14. The first-order chi connectivity index (χ1) is 7.36. The zero-order valence-corrected chi connectivity index (χ0v) is 10.5. The van der Waals surface area contributed by atoms with Crippen LogP contribution in [0.5, 0.6) is 0 Å². The van der Waals surface area contributed by atoms with Gasteiger partial charge in [0.2, 0.25) is 6.33 Å². The fourth-order valence-electron chi connectivity index (χ4n) is 1.33. The van der Waals surface area contributed by atoms with Gasteiger partial charge in [-0.1, -0.05) is 6.92 Å². The Hall–Kier alpha value is -0.480. The first kappa shape index (κ1) is 12.6. The Morgan fingerprint density at radius 2 is 2.27 bits per heavy atom. The molecule has 0 fully saturated rings. The lowest BCUT2D eigenvalue weighted by Crippen LogP contribution is -2.33. The lowest BCUT2D eigenvalue weighted by atomic mass is 10.6. The van der Waals surface area contributed by atoms with Crippen LogP contribution in [0.1, 0.15) is 13.8 Å². The van der Waals surface area contributed by atoms with Crippen molar-refractivity contribution in [2.24, 2.45) is 0 Å². The fourth-order valence-corrected chi connectivity index (χ4v) is 1.96. The first-order valence-corrected chi connectivity index (χ1v) is 6.72. The average Bonchev–Trinajstić information content (AvgIpc) is 2.67. The Bertz CT molecular complexity index is 238. The van der Waals surface area contributed by atoms with Crippen LogP contribution in [0.3, 0.4) is 0 Å². The summed E-state index contributed by atoms with van der Waals surface area (Å²) in [4.78, 5) is 0. The second-order valence-electron chi connectivity index (χ2n) is 3.28. The molecule has 1 rings (SSSR count). The van der Waals surface area contributed by atoms with Gasteiger partial charge < -0.3 is 4.74 Å². The third-order valence-corrected chi connectivity index (χ3v) is 3.02. The summed E-state index contributed by atoms with van der Waals surface area (Å²) in [5.41, 5.74) is 0. The largest absolute Gasteiger partial charge is 0.378 e.